The molecule has 2 aliphatic rings. The first kappa shape index (κ1) is 65.2. The van der Waals surface area contributed by atoms with Gasteiger partial charge in [-0.05, 0) is 88.2 Å². The van der Waals surface area contributed by atoms with Gasteiger partial charge >= 0.3 is 0 Å². The molecule has 18 nitrogen and oxygen atoms in total. The fourth-order valence-corrected chi connectivity index (χ4v) is 10.7. The van der Waals surface area contributed by atoms with Gasteiger partial charge in [-0.15, -0.1) is 0 Å². The minimum atomic E-state index is -1.36. The Hall–Kier alpha value is -6.30. The zero-order valence-corrected chi connectivity index (χ0v) is 49.2. The first-order valence-corrected chi connectivity index (χ1v) is 28.4. The molecular weight excluding hydrogens is 1010 g/mol. The van der Waals surface area contributed by atoms with Crippen molar-refractivity contribution in [1.29, 1.82) is 0 Å². The summed E-state index contributed by atoms with van der Waals surface area (Å²) in [5, 5.41) is 16.4. The molecule has 2 saturated heterocycles. The number of ketones is 3. The molecule has 4 rings (SSSR count). The summed E-state index contributed by atoms with van der Waals surface area (Å²) in [7, 11) is 5.92. The van der Waals surface area contributed by atoms with Crippen LogP contribution in [0, 0.1) is 35.5 Å². The molecule has 0 radical (unpaired) electrons. The Kier molecular flexibility index (Phi) is 25.0. The first-order valence-electron chi connectivity index (χ1n) is 28.4. The third-order valence-corrected chi connectivity index (χ3v) is 15.9. The van der Waals surface area contributed by atoms with E-state index in [1.807, 2.05) is 88.4 Å². The topological polar surface area (TPSA) is 231 Å². The Balaban J connectivity index is 1.91. The van der Waals surface area contributed by atoms with Gasteiger partial charge in [0.05, 0.1) is 36.1 Å². The van der Waals surface area contributed by atoms with Gasteiger partial charge in [-0.25, -0.2) is 0 Å². The van der Waals surface area contributed by atoms with Crippen LogP contribution in [-0.4, -0.2) is 172 Å². The average molecular weight is 1100 g/mol. The van der Waals surface area contributed by atoms with Crippen LogP contribution in [0.5, 0.6) is 0 Å². The van der Waals surface area contributed by atoms with E-state index in [0.717, 1.165) is 35.3 Å². The molecule has 0 aliphatic carbocycles. The van der Waals surface area contributed by atoms with Crippen molar-refractivity contribution in [1.82, 2.24) is 35.1 Å². The third kappa shape index (κ3) is 18.4. The number of carbonyl (C=O) groups is 10. The number of aliphatic hydroxyl groups is 1. The Bertz CT molecular complexity index is 2420. The van der Waals surface area contributed by atoms with Gasteiger partial charge in [0.2, 0.25) is 41.4 Å². The summed E-state index contributed by atoms with van der Waals surface area (Å²) in [6.45, 7) is 16.2. The SMILES string of the molecule is CC(C)C[C@H]1C(=O)N(C)[C@@H](Cc2ccccc2)C(=O)N(C)[C@@H](CC(C)C)C(=O)C[C@H](C(=O)N2CCCCC2)CC(=O)N[C@H](C(C)C)C(=O)N[C@@H](C)C(=O)C[C@@H]([C@@H](C)O)C(=O)N(C)[C@@H](C)C(=O)C[C@@H](Cc2ccccc2)C(=O)N1C. The van der Waals surface area contributed by atoms with Crippen molar-refractivity contribution in [3.05, 3.63) is 71.8 Å². The highest BCUT2D eigenvalue weighted by molar-refractivity contribution is 5.99. The van der Waals surface area contributed by atoms with Crippen LogP contribution in [0.2, 0.25) is 0 Å². The fourth-order valence-electron chi connectivity index (χ4n) is 10.7. The van der Waals surface area contributed by atoms with Crippen molar-refractivity contribution < 1.29 is 53.1 Å². The van der Waals surface area contributed by atoms with E-state index in [4.69, 9.17) is 0 Å². The van der Waals surface area contributed by atoms with E-state index in [0.29, 0.717) is 13.1 Å². The maximum Gasteiger partial charge on any atom is 0.246 e. The van der Waals surface area contributed by atoms with E-state index in [2.05, 4.69) is 10.6 Å². The summed E-state index contributed by atoms with van der Waals surface area (Å²) in [6.07, 6.45) is -0.186. The van der Waals surface area contributed by atoms with Gasteiger partial charge in [-0.2, -0.15) is 0 Å². The number of amides is 7. The van der Waals surface area contributed by atoms with E-state index in [1.165, 1.54) is 63.7 Å². The van der Waals surface area contributed by atoms with Crippen LogP contribution in [0.15, 0.2) is 60.7 Å². The van der Waals surface area contributed by atoms with E-state index >= 15 is 14.4 Å². The van der Waals surface area contributed by atoms with Crippen LogP contribution < -0.4 is 10.6 Å². The molecule has 0 saturated carbocycles. The molecule has 79 heavy (non-hydrogen) atoms. The normalized spacial score (nSPS) is 26.6. The molecule has 0 bridgehead atoms. The molecule has 0 spiro atoms. The van der Waals surface area contributed by atoms with Gasteiger partial charge in [0, 0.05) is 79.3 Å². The number of likely N-dealkylation sites (tertiary alicyclic amines) is 1. The fraction of sp³-hybridized carbons (Fsp3) is 0.639. The minimum absolute atomic E-state index is 0.0415. The predicted octanol–water partition coefficient (Wildman–Crippen LogP) is 5.06. The van der Waals surface area contributed by atoms with Crippen LogP contribution in [0.3, 0.4) is 0 Å². The lowest BCUT2D eigenvalue weighted by atomic mass is 9.88. The lowest BCUT2D eigenvalue weighted by molar-refractivity contribution is -0.153. The molecule has 436 valence electrons. The Morgan fingerprint density at radius 3 is 1.59 bits per heavy atom. The summed E-state index contributed by atoms with van der Waals surface area (Å²) in [5.41, 5.74) is 1.47. The lowest BCUT2D eigenvalue weighted by Crippen LogP contribution is -2.58. The molecule has 2 fully saturated rings. The van der Waals surface area contributed by atoms with E-state index < -0.39 is 144 Å². The lowest BCUT2D eigenvalue weighted by Gasteiger charge is -2.39. The first-order chi connectivity index (χ1) is 37.1. The van der Waals surface area contributed by atoms with Crippen molar-refractivity contribution in [2.24, 2.45) is 35.5 Å². The number of nitrogens with zero attached hydrogens (tertiary/aromatic N) is 5. The van der Waals surface area contributed by atoms with Crippen LogP contribution >= 0.6 is 0 Å². The van der Waals surface area contributed by atoms with Crippen LogP contribution in [0.1, 0.15) is 131 Å². The van der Waals surface area contributed by atoms with Gasteiger partial charge in [0.15, 0.2) is 17.3 Å². The highest BCUT2D eigenvalue weighted by Crippen LogP contribution is 2.27. The number of carbonyl (C=O) groups excluding carboxylic acids is 10. The molecule has 0 unspecified atom stereocenters. The molecule has 18 heteroatoms. The zero-order valence-electron chi connectivity index (χ0n) is 49.2. The third-order valence-electron chi connectivity index (χ3n) is 15.9. The molecule has 7 amide bonds. The molecule has 3 N–H and O–H groups in total. The van der Waals surface area contributed by atoms with Crippen molar-refractivity contribution in [2.75, 3.05) is 41.3 Å². The summed E-state index contributed by atoms with van der Waals surface area (Å²) in [5.74, 6) is -10.00. The van der Waals surface area contributed by atoms with Crippen LogP contribution in [-0.2, 0) is 60.8 Å². The second kappa shape index (κ2) is 30.3. The quantitative estimate of drug-likeness (QED) is 0.269. The van der Waals surface area contributed by atoms with Crippen LogP contribution in [0.4, 0.5) is 0 Å². The van der Waals surface area contributed by atoms with Crippen molar-refractivity contribution >= 4 is 58.7 Å². The second-order valence-corrected chi connectivity index (χ2v) is 23.5. The number of piperidine rings is 1. The Morgan fingerprint density at radius 2 is 1.06 bits per heavy atom. The predicted molar refractivity (Wildman–Crippen MR) is 302 cm³/mol. The van der Waals surface area contributed by atoms with E-state index in [9.17, 15) is 38.7 Å². The van der Waals surface area contributed by atoms with Gasteiger partial charge in [0.1, 0.15) is 18.1 Å². The Labute approximate surface area is 469 Å². The number of aliphatic hydroxyl groups excluding tert-OH is 1. The number of rotatable bonds is 11. The largest absolute Gasteiger partial charge is 0.393 e. The highest BCUT2D eigenvalue weighted by Gasteiger charge is 2.43. The zero-order chi connectivity index (χ0) is 59.0. The highest BCUT2D eigenvalue weighted by atomic mass is 16.3. The maximum atomic E-state index is 15.4. The number of benzene rings is 2. The second-order valence-electron chi connectivity index (χ2n) is 23.5. The number of Topliss-reactive ketones (excluding diaryl/α,β-unsaturated/α-hetero) is 3. The number of hydrogen-bond acceptors (Lipinski definition) is 11. The van der Waals surface area contributed by atoms with E-state index in [-0.39, 0.29) is 43.9 Å². The summed E-state index contributed by atoms with van der Waals surface area (Å²) in [4.78, 5) is 153. The van der Waals surface area contributed by atoms with Crippen LogP contribution in [0.25, 0.3) is 0 Å². The molecule has 10 atom stereocenters. The van der Waals surface area contributed by atoms with Crippen molar-refractivity contribution in [2.45, 2.75) is 175 Å². The Morgan fingerprint density at radius 1 is 0.557 bits per heavy atom. The minimum Gasteiger partial charge on any atom is -0.393 e. The number of likely N-dealkylation sites (N-methyl/N-ethyl adjacent to an activating group) is 4. The molecular formula is C61H91N7O11. The standard InChI is InChI=1S/C61H91N7O11/c1-37(2)29-48-53(72)34-46(58(76)68-27-21-16-22-28-68)35-54(73)63-55(39(5)6)56(74)62-40(7)51(70)36-47(42(9)69)59(77)64(10)41(8)52(71)33-45(31-43-23-17-14-18-24-43)57(75)66(12)49(30-38(3)4)60(78)67(13)50(61(79)65(48)11)32-44-25-19-15-20-26-44/h14-15,17-20,23-26,37-42,45-50,55,69H,16,21-22,27-36H2,1-13H3,(H,62,74)(H,63,73)/t40-,41-,42+,45+,46-,47-,48-,49-,50-,55+/m0/s1. The smallest absolute Gasteiger partial charge is 0.246 e. The van der Waals surface area contributed by atoms with Crippen molar-refractivity contribution in [3.8, 4) is 0 Å². The molecule has 2 aliphatic heterocycles. The summed E-state index contributed by atoms with van der Waals surface area (Å²) < 4.78 is 0. The van der Waals surface area contributed by atoms with Crippen molar-refractivity contribution in [3.63, 3.8) is 0 Å². The molecule has 2 heterocycles. The number of hydrogen-bond donors (Lipinski definition) is 3. The molecule has 0 aromatic heterocycles. The maximum absolute atomic E-state index is 15.4. The summed E-state index contributed by atoms with van der Waals surface area (Å²) in [6, 6.07) is 11.3. The van der Waals surface area contributed by atoms with Gasteiger partial charge < -0.3 is 40.2 Å². The summed E-state index contributed by atoms with van der Waals surface area (Å²) >= 11 is 0. The van der Waals surface area contributed by atoms with E-state index in [1.54, 1.807) is 18.7 Å². The molecule has 2 aromatic carbocycles. The van der Waals surface area contributed by atoms with Gasteiger partial charge in [-0.1, -0.05) is 102 Å². The number of nitrogens with one attached hydrogen (secondary N) is 2. The monoisotopic (exact) mass is 1100 g/mol. The molecule has 2 aromatic rings. The van der Waals surface area contributed by atoms with Gasteiger partial charge in [0.25, 0.3) is 0 Å². The average Bonchev–Trinajstić information content (AvgIpc) is 3.43. The van der Waals surface area contributed by atoms with Gasteiger partial charge in [-0.3, -0.25) is 47.9 Å².